The third-order valence-electron chi connectivity index (χ3n) is 14.6. The Balaban J connectivity index is 1.71. The lowest BCUT2D eigenvalue weighted by molar-refractivity contribution is -0.386. The van der Waals surface area contributed by atoms with Gasteiger partial charge in [0.2, 0.25) is 11.8 Å². The lowest BCUT2D eigenvalue weighted by atomic mass is 9.88. The molecule has 18 unspecified atom stereocenters. The third kappa shape index (κ3) is 21.7. The summed E-state index contributed by atoms with van der Waals surface area (Å²) in [5, 5.41) is 135. The summed E-state index contributed by atoms with van der Waals surface area (Å²) < 4.78 is 34.6. The Labute approximate surface area is 442 Å². The number of nitrogens with one attached hydrogen (secondary N) is 2. The van der Waals surface area contributed by atoms with Gasteiger partial charge in [-0.25, -0.2) is 4.79 Å². The molecule has 18 atom stereocenters. The van der Waals surface area contributed by atoms with E-state index in [1.807, 2.05) is 0 Å². The van der Waals surface area contributed by atoms with Crippen molar-refractivity contribution in [2.75, 3.05) is 26.4 Å². The van der Waals surface area contributed by atoms with Crippen LogP contribution in [0.15, 0.2) is 0 Å². The number of aliphatic hydroxyl groups is 11. The van der Waals surface area contributed by atoms with E-state index in [0.29, 0.717) is 19.3 Å². The van der Waals surface area contributed by atoms with Crippen molar-refractivity contribution in [1.29, 1.82) is 0 Å². The summed E-state index contributed by atoms with van der Waals surface area (Å²) in [5.74, 6) is -6.10. The second kappa shape index (κ2) is 36.1. The number of aliphatic hydroxyl groups excluding tert-OH is 11. The number of carbonyl (C=O) groups is 3. The van der Waals surface area contributed by atoms with Crippen LogP contribution in [0.3, 0.4) is 0 Å². The molecular formula is C52H96N2O21. The molecule has 3 aliphatic rings. The van der Waals surface area contributed by atoms with Crippen molar-refractivity contribution in [3.63, 3.8) is 0 Å². The molecule has 0 radical (unpaired) electrons. The molecule has 14 N–H and O–H groups in total. The zero-order chi connectivity index (χ0) is 55.5. The molecule has 23 heteroatoms. The SMILES string of the molecule is CCCCCCCCCCCCCCC(O)C(COC1OC(CO)C(OC2OC(CO)C(O)C(OC3(C(=O)O)CC(O)C(NC(C)=O)C(C(O)C(O)CO)O3)C2O)C(O)C1O)NC(=O)CCCCCCCCCCC. The fraction of sp³-hybridized carbons (Fsp3) is 0.942. The number of unbranched alkanes of at least 4 members (excludes halogenated alkanes) is 19. The summed E-state index contributed by atoms with van der Waals surface area (Å²) in [4.78, 5) is 38.2. The van der Waals surface area contributed by atoms with Gasteiger partial charge in [0.1, 0.15) is 67.1 Å². The molecule has 23 nitrogen and oxygen atoms in total. The van der Waals surface area contributed by atoms with Crippen molar-refractivity contribution in [2.24, 2.45) is 0 Å². The molecule has 0 aliphatic carbocycles. The van der Waals surface area contributed by atoms with Crippen molar-refractivity contribution >= 4 is 17.8 Å². The number of amides is 2. The van der Waals surface area contributed by atoms with Crippen LogP contribution in [0.1, 0.15) is 175 Å². The van der Waals surface area contributed by atoms with E-state index in [2.05, 4.69) is 24.5 Å². The first kappa shape index (κ1) is 67.0. The predicted octanol–water partition coefficient (Wildman–Crippen LogP) is 0.659. The van der Waals surface area contributed by atoms with Crippen LogP contribution in [0.25, 0.3) is 0 Å². The smallest absolute Gasteiger partial charge is 0.364 e. The topological polar surface area (TPSA) is 373 Å². The quantitative estimate of drug-likeness (QED) is 0.0376. The summed E-state index contributed by atoms with van der Waals surface area (Å²) in [7, 11) is 0. The Bertz CT molecular complexity index is 1570. The molecule has 3 fully saturated rings. The molecule has 0 spiro atoms. The van der Waals surface area contributed by atoms with Gasteiger partial charge in [-0.1, -0.05) is 142 Å². The normalized spacial score (nSPS) is 31.8. The van der Waals surface area contributed by atoms with Crippen LogP contribution < -0.4 is 10.6 Å². The monoisotopic (exact) mass is 1080 g/mol. The highest BCUT2D eigenvalue weighted by Crippen LogP contribution is 2.38. The van der Waals surface area contributed by atoms with Crippen LogP contribution in [0.5, 0.6) is 0 Å². The maximum absolute atomic E-state index is 13.2. The minimum atomic E-state index is -3.07. The van der Waals surface area contributed by atoms with E-state index < -0.39 is 148 Å². The van der Waals surface area contributed by atoms with Gasteiger partial charge in [0.15, 0.2) is 12.6 Å². The van der Waals surface area contributed by atoms with Crippen LogP contribution in [0, 0.1) is 0 Å². The van der Waals surface area contributed by atoms with E-state index in [-0.39, 0.29) is 18.9 Å². The maximum Gasteiger partial charge on any atom is 0.364 e. The number of carboxylic acids is 1. The molecule has 0 aromatic rings. The highest BCUT2D eigenvalue weighted by molar-refractivity contribution is 5.77. The Morgan fingerprint density at radius 1 is 0.640 bits per heavy atom. The lowest BCUT2D eigenvalue weighted by Gasteiger charge is -2.50. The molecule has 3 heterocycles. The molecule has 3 aliphatic heterocycles. The van der Waals surface area contributed by atoms with Crippen molar-refractivity contribution < 1.29 is 104 Å². The van der Waals surface area contributed by atoms with E-state index in [4.69, 9.17) is 28.4 Å². The molecule has 3 saturated heterocycles. The highest BCUT2D eigenvalue weighted by Gasteiger charge is 2.60. The number of carboxylic acid groups (broad SMARTS) is 1. The van der Waals surface area contributed by atoms with Gasteiger partial charge in [-0.05, 0) is 12.8 Å². The fourth-order valence-corrected chi connectivity index (χ4v) is 10.0. The summed E-state index contributed by atoms with van der Waals surface area (Å²) >= 11 is 0. The van der Waals surface area contributed by atoms with E-state index >= 15 is 0 Å². The van der Waals surface area contributed by atoms with E-state index in [0.717, 1.165) is 58.3 Å². The zero-order valence-corrected chi connectivity index (χ0v) is 44.7. The minimum Gasteiger partial charge on any atom is -0.477 e. The van der Waals surface area contributed by atoms with E-state index in [1.54, 1.807) is 0 Å². The average Bonchev–Trinajstić information content (AvgIpc) is 3.38. The number of aliphatic carboxylic acids is 1. The van der Waals surface area contributed by atoms with Gasteiger partial charge in [0.25, 0.3) is 5.79 Å². The van der Waals surface area contributed by atoms with Gasteiger partial charge in [-0.2, -0.15) is 0 Å². The number of hydrogen-bond donors (Lipinski definition) is 14. The standard InChI is InChI=1S/C52H96N2O21/c1-4-6-8-10-12-14-15-16-18-19-21-23-25-34(59)33(54-39(62)26-24-22-20-17-13-11-9-7-5-2)31-70-49-44(66)43(65)46(38(30-57)72-49)73-50-45(67)48(42(64)37(29-56)71-50)75-52(51(68)69)27-35(60)40(53-32(3)58)47(74-52)41(63)36(61)28-55/h33-38,40-50,55-57,59-61,63-67H,4-31H2,1-3H3,(H,53,58)(H,54,62)(H,68,69). The molecule has 440 valence electrons. The predicted molar refractivity (Wildman–Crippen MR) is 269 cm³/mol. The molecular weight excluding hydrogens is 989 g/mol. The molecule has 0 aromatic carbocycles. The first-order chi connectivity index (χ1) is 35.9. The highest BCUT2D eigenvalue weighted by atomic mass is 16.8. The summed E-state index contributed by atoms with van der Waals surface area (Å²) in [6.07, 6.45) is -5.41. The van der Waals surface area contributed by atoms with Crippen LogP contribution >= 0.6 is 0 Å². The average molecular weight is 1090 g/mol. The number of carbonyl (C=O) groups excluding carboxylic acids is 2. The summed E-state index contributed by atoms with van der Waals surface area (Å²) in [6.45, 7) is 2.10. The first-order valence-corrected chi connectivity index (χ1v) is 27.9. The van der Waals surface area contributed by atoms with Crippen molar-refractivity contribution in [1.82, 2.24) is 10.6 Å². The fourth-order valence-electron chi connectivity index (χ4n) is 10.0. The van der Waals surface area contributed by atoms with Gasteiger partial charge < -0.3 is 100 Å². The Kier molecular flexibility index (Phi) is 32.2. The van der Waals surface area contributed by atoms with Gasteiger partial charge in [0.05, 0.1) is 50.7 Å². The molecule has 2 amide bonds. The van der Waals surface area contributed by atoms with Crippen molar-refractivity contribution in [3.05, 3.63) is 0 Å². The molecule has 0 bridgehead atoms. The molecule has 75 heavy (non-hydrogen) atoms. The second-order valence-electron chi connectivity index (χ2n) is 20.8. The van der Waals surface area contributed by atoms with Gasteiger partial charge in [-0.15, -0.1) is 0 Å². The van der Waals surface area contributed by atoms with E-state index in [9.17, 15) is 75.7 Å². The van der Waals surface area contributed by atoms with Crippen LogP contribution in [0.4, 0.5) is 0 Å². The van der Waals surface area contributed by atoms with Gasteiger partial charge in [0, 0.05) is 19.8 Å². The molecule has 0 saturated carbocycles. The van der Waals surface area contributed by atoms with Gasteiger partial charge in [-0.3, -0.25) is 9.59 Å². The number of hydrogen-bond acceptors (Lipinski definition) is 20. The number of ether oxygens (including phenoxy) is 6. The summed E-state index contributed by atoms with van der Waals surface area (Å²) in [6, 6.07) is -2.52. The second-order valence-corrected chi connectivity index (χ2v) is 20.8. The molecule has 0 aromatic heterocycles. The Morgan fingerprint density at radius 2 is 1.16 bits per heavy atom. The van der Waals surface area contributed by atoms with Gasteiger partial charge >= 0.3 is 5.97 Å². The zero-order valence-electron chi connectivity index (χ0n) is 44.7. The molecule has 3 rings (SSSR count). The number of rotatable bonds is 39. The van der Waals surface area contributed by atoms with Crippen LogP contribution in [-0.2, 0) is 42.8 Å². The lowest BCUT2D eigenvalue weighted by Crippen LogP contribution is -2.70. The van der Waals surface area contributed by atoms with E-state index in [1.165, 1.54) is 70.6 Å². The van der Waals surface area contributed by atoms with Crippen molar-refractivity contribution in [3.8, 4) is 0 Å². The first-order valence-electron chi connectivity index (χ1n) is 27.9. The maximum atomic E-state index is 13.2. The van der Waals surface area contributed by atoms with Crippen LogP contribution in [0.2, 0.25) is 0 Å². The largest absolute Gasteiger partial charge is 0.477 e. The third-order valence-corrected chi connectivity index (χ3v) is 14.6. The Morgan fingerprint density at radius 3 is 1.67 bits per heavy atom. The van der Waals surface area contributed by atoms with Crippen molar-refractivity contribution in [2.45, 2.75) is 285 Å². The summed E-state index contributed by atoms with van der Waals surface area (Å²) in [5.41, 5.74) is 0. The van der Waals surface area contributed by atoms with Crippen LogP contribution in [-0.4, -0.2) is 215 Å². The minimum absolute atomic E-state index is 0.226. The Hall–Kier alpha value is -2.27.